The number of aliphatic carboxylic acids is 1. The highest BCUT2D eigenvalue weighted by molar-refractivity contribution is 5.71. The lowest BCUT2D eigenvalue weighted by molar-refractivity contribution is -0.155. The van der Waals surface area contributed by atoms with Crippen LogP contribution in [0.2, 0.25) is 0 Å². The molecule has 1 saturated heterocycles. The van der Waals surface area contributed by atoms with Crippen molar-refractivity contribution in [3.8, 4) is 0 Å². The predicted molar refractivity (Wildman–Crippen MR) is 74.0 cm³/mol. The zero-order valence-electron chi connectivity index (χ0n) is 12.5. The van der Waals surface area contributed by atoms with Crippen molar-refractivity contribution in [3.05, 3.63) is 0 Å². The third-order valence-electron chi connectivity index (χ3n) is 6.37. The van der Waals surface area contributed by atoms with Crippen molar-refractivity contribution in [3.63, 3.8) is 0 Å². The van der Waals surface area contributed by atoms with E-state index >= 15 is 0 Å². The van der Waals surface area contributed by atoms with Crippen molar-refractivity contribution >= 4 is 5.97 Å². The molecule has 0 radical (unpaired) electrons. The molecule has 0 aromatic carbocycles. The van der Waals surface area contributed by atoms with Crippen LogP contribution in [0.3, 0.4) is 0 Å². The molecule has 0 bridgehead atoms. The molecule has 0 aromatic heterocycles. The summed E-state index contributed by atoms with van der Waals surface area (Å²) >= 11 is 0. The Kier molecular flexibility index (Phi) is 3.37. The van der Waals surface area contributed by atoms with E-state index in [1.54, 1.807) is 0 Å². The summed E-state index contributed by atoms with van der Waals surface area (Å²) in [5.41, 5.74) is -0.365. The molecule has 2 saturated carbocycles. The maximum Gasteiger partial charge on any atom is 0.307 e. The lowest BCUT2D eigenvalue weighted by Gasteiger charge is -2.47. The van der Waals surface area contributed by atoms with Crippen molar-refractivity contribution in [2.75, 3.05) is 0 Å². The lowest BCUT2D eigenvalue weighted by atomic mass is 9.56. The monoisotopic (exact) mass is 282 g/mol. The second kappa shape index (κ2) is 4.70. The molecule has 1 heterocycles. The van der Waals surface area contributed by atoms with Gasteiger partial charge < -0.3 is 14.9 Å². The third-order valence-corrected chi connectivity index (χ3v) is 6.37. The van der Waals surface area contributed by atoms with Crippen LogP contribution in [0.5, 0.6) is 0 Å². The van der Waals surface area contributed by atoms with E-state index in [-0.39, 0.29) is 11.5 Å². The fourth-order valence-corrected chi connectivity index (χ4v) is 4.79. The molecule has 1 aliphatic heterocycles. The number of hydrogen-bond donors (Lipinski definition) is 2. The third kappa shape index (κ3) is 2.17. The molecule has 0 spiro atoms. The summed E-state index contributed by atoms with van der Waals surface area (Å²) in [4.78, 5) is 11.7. The minimum absolute atomic E-state index is 0.254. The molecule has 5 atom stereocenters. The topological polar surface area (TPSA) is 70.1 Å². The Labute approximate surface area is 120 Å². The van der Waals surface area contributed by atoms with E-state index in [0.717, 1.165) is 0 Å². The number of ether oxygens (including phenoxy) is 1. The minimum Gasteiger partial charge on any atom is -0.481 e. The Hall–Kier alpha value is -0.610. The smallest absolute Gasteiger partial charge is 0.307 e. The number of epoxide rings is 1. The van der Waals surface area contributed by atoms with Crippen molar-refractivity contribution in [2.24, 2.45) is 23.2 Å². The van der Waals surface area contributed by atoms with Gasteiger partial charge in [-0.05, 0) is 23.7 Å². The summed E-state index contributed by atoms with van der Waals surface area (Å²) in [5.74, 6) is -1.25. The van der Waals surface area contributed by atoms with Crippen LogP contribution in [-0.2, 0) is 9.53 Å². The fraction of sp³-hybridized carbons (Fsp3) is 0.938. The lowest BCUT2D eigenvalue weighted by Crippen LogP contribution is -2.49. The van der Waals surface area contributed by atoms with Crippen LogP contribution in [0, 0.1) is 23.2 Å². The standard InChI is InChI=1S/C16H26O4/c1-10(11-6-4-3-5-7-11)15(2)9-16(19)13(20-16)8-12(15)14(17)18/h10-13,19H,3-9H2,1-2H3,(H,17,18). The maximum absolute atomic E-state index is 11.7. The second-order valence-corrected chi connectivity index (χ2v) is 7.45. The van der Waals surface area contributed by atoms with Crippen molar-refractivity contribution in [1.82, 2.24) is 0 Å². The summed E-state index contributed by atoms with van der Waals surface area (Å²) in [7, 11) is 0. The number of carboxylic acid groups (broad SMARTS) is 1. The second-order valence-electron chi connectivity index (χ2n) is 7.45. The van der Waals surface area contributed by atoms with Gasteiger partial charge in [0, 0.05) is 6.42 Å². The van der Waals surface area contributed by atoms with Crippen LogP contribution >= 0.6 is 0 Å². The molecule has 20 heavy (non-hydrogen) atoms. The van der Waals surface area contributed by atoms with Gasteiger partial charge in [-0.3, -0.25) is 4.79 Å². The molecule has 114 valence electrons. The fourth-order valence-electron chi connectivity index (χ4n) is 4.79. The Balaban J connectivity index is 1.83. The van der Waals surface area contributed by atoms with Gasteiger partial charge in [-0.2, -0.15) is 0 Å². The first kappa shape index (κ1) is 14.3. The van der Waals surface area contributed by atoms with Crippen LogP contribution in [-0.4, -0.2) is 28.1 Å². The van der Waals surface area contributed by atoms with Crippen LogP contribution in [0.4, 0.5) is 0 Å². The van der Waals surface area contributed by atoms with E-state index in [2.05, 4.69) is 13.8 Å². The van der Waals surface area contributed by atoms with Crippen LogP contribution in [0.15, 0.2) is 0 Å². The largest absolute Gasteiger partial charge is 0.481 e. The Bertz CT molecular complexity index is 403. The highest BCUT2D eigenvalue weighted by atomic mass is 16.7. The molecule has 3 rings (SSSR count). The van der Waals surface area contributed by atoms with Crippen LogP contribution in [0.1, 0.15) is 58.8 Å². The van der Waals surface area contributed by atoms with Gasteiger partial charge in [0.1, 0.15) is 6.10 Å². The molecule has 0 aromatic rings. The average Bonchev–Trinajstić information content (AvgIpc) is 3.07. The molecule has 4 nitrogen and oxygen atoms in total. The number of carbonyl (C=O) groups is 1. The maximum atomic E-state index is 11.7. The first-order chi connectivity index (χ1) is 9.37. The van der Waals surface area contributed by atoms with E-state index in [0.29, 0.717) is 24.7 Å². The highest BCUT2D eigenvalue weighted by Gasteiger charge is 2.67. The average molecular weight is 282 g/mol. The molecule has 3 aliphatic rings. The Morgan fingerprint density at radius 1 is 1.30 bits per heavy atom. The van der Waals surface area contributed by atoms with Gasteiger partial charge in [0.2, 0.25) is 0 Å². The Morgan fingerprint density at radius 2 is 1.95 bits per heavy atom. The Morgan fingerprint density at radius 3 is 2.55 bits per heavy atom. The van der Waals surface area contributed by atoms with Crippen molar-refractivity contribution in [1.29, 1.82) is 0 Å². The van der Waals surface area contributed by atoms with Gasteiger partial charge in [-0.15, -0.1) is 0 Å². The molecule has 2 N–H and O–H groups in total. The summed E-state index contributed by atoms with van der Waals surface area (Å²) in [6, 6.07) is 0. The first-order valence-electron chi connectivity index (χ1n) is 8.00. The normalized spacial score (nSPS) is 46.5. The SMILES string of the molecule is CC(C1CCCCC1)C1(C)CC2(O)OC2CC1C(=O)O. The van der Waals surface area contributed by atoms with Gasteiger partial charge in [0.05, 0.1) is 5.92 Å². The first-order valence-corrected chi connectivity index (χ1v) is 8.00. The summed E-state index contributed by atoms with van der Waals surface area (Å²) in [6.45, 7) is 4.25. The van der Waals surface area contributed by atoms with Gasteiger partial charge in [-0.1, -0.05) is 46.0 Å². The minimum atomic E-state index is -1.04. The van der Waals surface area contributed by atoms with Crippen molar-refractivity contribution < 1.29 is 19.7 Å². The number of aliphatic hydroxyl groups is 1. The zero-order valence-corrected chi connectivity index (χ0v) is 12.5. The molecule has 4 heteroatoms. The summed E-state index contributed by atoms with van der Waals surface area (Å²) in [5, 5.41) is 19.9. The highest BCUT2D eigenvalue weighted by Crippen LogP contribution is 2.60. The van der Waals surface area contributed by atoms with Gasteiger partial charge in [0.15, 0.2) is 5.79 Å². The van der Waals surface area contributed by atoms with E-state index in [9.17, 15) is 15.0 Å². The number of rotatable bonds is 3. The number of hydrogen-bond acceptors (Lipinski definition) is 3. The molecule has 3 fully saturated rings. The van der Waals surface area contributed by atoms with Gasteiger partial charge in [0.25, 0.3) is 0 Å². The molecular formula is C16H26O4. The van der Waals surface area contributed by atoms with Gasteiger partial charge in [-0.25, -0.2) is 0 Å². The van der Waals surface area contributed by atoms with E-state index in [1.807, 2.05) is 0 Å². The number of fused-ring (bicyclic) bond motifs is 1. The summed E-state index contributed by atoms with van der Waals surface area (Å²) in [6.07, 6.45) is 6.89. The molecule has 5 unspecified atom stereocenters. The van der Waals surface area contributed by atoms with E-state index in [1.165, 1.54) is 32.1 Å². The predicted octanol–water partition coefficient (Wildman–Crippen LogP) is 2.79. The quantitative estimate of drug-likeness (QED) is 0.781. The van der Waals surface area contributed by atoms with E-state index < -0.39 is 17.7 Å². The summed E-state index contributed by atoms with van der Waals surface area (Å²) < 4.78 is 5.37. The number of carboxylic acids is 1. The van der Waals surface area contributed by atoms with Crippen LogP contribution in [0.25, 0.3) is 0 Å². The van der Waals surface area contributed by atoms with E-state index in [4.69, 9.17) is 4.74 Å². The molecular weight excluding hydrogens is 256 g/mol. The molecule has 2 aliphatic carbocycles. The zero-order chi connectivity index (χ0) is 14.5. The van der Waals surface area contributed by atoms with Gasteiger partial charge >= 0.3 is 5.97 Å². The molecule has 0 amide bonds. The van der Waals surface area contributed by atoms with Crippen molar-refractivity contribution in [2.45, 2.75) is 70.7 Å². The van der Waals surface area contributed by atoms with Crippen LogP contribution < -0.4 is 0 Å².